The number of carbonyl (C=O) groups is 1. The van der Waals surface area contributed by atoms with Crippen molar-refractivity contribution in [2.75, 3.05) is 26.8 Å². The summed E-state index contributed by atoms with van der Waals surface area (Å²) in [6.45, 7) is 5.15. The molecule has 1 aromatic rings. The first-order valence-electron chi connectivity index (χ1n) is 5.19. The van der Waals surface area contributed by atoms with Gasteiger partial charge in [0.05, 0.1) is 6.61 Å². The number of methoxy groups -OCH3 is 1. The van der Waals surface area contributed by atoms with Gasteiger partial charge >= 0.3 is 0 Å². The highest BCUT2D eigenvalue weighted by molar-refractivity contribution is 9.10. The molecule has 17 heavy (non-hydrogen) atoms. The molecule has 0 spiro atoms. The Bertz CT molecular complexity index is 379. The van der Waals surface area contributed by atoms with Crippen molar-refractivity contribution in [2.45, 2.75) is 0 Å². The van der Waals surface area contributed by atoms with E-state index >= 15 is 0 Å². The summed E-state index contributed by atoms with van der Waals surface area (Å²) in [7, 11) is 1.61. The molecule has 0 saturated carbocycles. The Labute approximate surface area is 109 Å². The van der Waals surface area contributed by atoms with Gasteiger partial charge in [-0.1, -0.05) is 6.08 Å². The summed E-state index contributed by atoms with van der Waals surface area (Å²) in [6.07, 6.45) is 3.29. The Hall–Kier alpha value is -1.20. The standard InChI is InChI=1S/C12H15BrN2O2/c1-3-6-15(7-8-17-2)12(16)11-5-4-10(13)9-14-11/h3-5,9H,1,6-8H2,2H3. The van der Waals surface area contributed by atoms with Gasteiger partial charge in [0, 0.05) is 30.9 Å². The molecule has 0 aliphatic carbocycles. The number of hydrogen-bond acceptors (Lipinski definition) is 3. The van der Waals surface area contributed by atoms with E-state index in [9.17, 15) is 4.79 Å². The third-order valence-electron chi connectivity index (χ3n) is 2.15. The van der Waals surface area contributed by atoms with Crippen LogP contribution in [0.5, 0.6) is 0 Å². The van der Waals surface area contributed by atoms with Crippen molar-refractivity contribution in [3.05, 3.63) is 41.2 Å². The van der Waals surface area contributed by atoms with Crippen LogP contribution in [0.25, 0.3) is 0 Å². The van der Waals surface area contributed by atoms with Crippen LogP contribution in [0.1, 0.15) is 10.5 Å². The highest BCUT2D eigenvalue weighted by atomic mass is 79.9. The van der Waals surface area contributed by atoms with Gasteiger partial charge < -0.3 is 9.64 Å². The van der Waals surface area contributed by atoms with Crippen molar-refractivity contribution in [1.82, 2.24) is 9.88 Å². The second-order valence-corrected chi connectivity index (χ2v) is 4.31. The SMILES string of the molecule is C=CCN(CCOC)C(=O)c1ccc(Br)cn1. The maximum atomic E-state index is 12.1. The molecule has 0 radical (unpaired) electrons. The summed E-state index contributed by atoms with van der Waals surface area (Å²) < 4.78 is 5.82. The van der Waals surface area contributed by atoms with E-state index in [1.165, 1.54) is 0 Å². The first kappa shape index (κ1) is 13.9. The number of pyridine rings is 1. The molecular weight excluding hydrogens is 284 g/mol. The number of ether oxygens (including phenoxy) is 1. The monoisotopic (exact) mass is 298 g/mol. The number of rotatable bonds is 6. The highest BCUT2D eigenvalue weighted by Gasteiger charge is 2.15. The molecule has 0 aliphatic rings. The summed E-state index contributed by atoms with van der Waals surface area (Å²) in [6, 6.07) is 3.48. The van der Waals surface area contributed by atoms with E-state index in [1.807, 2.05) is 0 Å². The van der Waals surface area contributed by atoms with Crippen molar-refractivity contribution < 1.29 is 9.53 Å². The van der Waals surface area contributed by atoms with Crippen LogP contribution in [0.15, 0.2) is 35.5 Å². The van der Waals surface area contributed by atoms with E-state index in [4.69, 9.17) is 4.74 Å². The summed E-state index contributed by atoms with van der Waals surface area (Å²) in [5.74, 6) is -0.116. The quantitative estimate of drug-likeness (QED) is 0.756. The van der Waals surface area contributed by atoms with Crippen LogP contribution in [0.3, 0.4) is 0 Å². The average Bonchev–Trinajstić information content (AvgIpc) is 2.34. The minimum atomic E-state index is -0.116. The van der Waals surface area contributed by atoms with Gasteiger partial charge in [-0.2, -0.15) is 0 Å². The third-order valence-corrected chi connectivity index (χ3v) is 2.62. The molecule has 5 heteroatoms. The van der Waals surface area contributed by atoms with Gasteiger partial charge in [-0.15, -0.1) is 6.58 Å². The molecule has 92 valence electrons. The fourth-order valence-electron chi connectivity index (χ4n) is 1.30. The summed E-state index contributed by atoms with van der Waals surface area (Å²) in [5.41, 5.74) is 0.422. The molecule has 4 nitrogen and oxygen atoms in total. The van der Waals surface area contributed by atoms with Crippen LogP contribution in [0.4, 0.5) is 0 Å². The van der Waals surface area contributed by atoms with Gasteiger partial charge in [0.2, 0.25) is 0 Å². The summed E-state index contributed by atoms with van der Waals surface area (Å²) in [4.78, 5) is 17.8. The molecular formula is C12H15BrN2O2. The van der Waals surface area contributed by atoms with Gasteiger partial charge in [0.1, 0.15) is 5.69 Å². The molecule has 0 aromatic carbocycles. The zero-order valence-corrected chi connectivity index (χ0v) is 11.3. The summed E-state index contributed by atoms with van der Waals surface area (Å²) >= 11 is 3.28. The third kappa shape index (κ3) is 4.28. The van der Waals surface area contributed by atoms with E-state index in [-0.39, 0.29) is 5.91 Å². The average molecular weight is 299 g/mol. The molecule has 0 N–H and O–H groups in total. The predicted molar refractivity (Wildman–Crippen MR) is 69.9 cm³/mol. The Morgan fingerprint density at radius 3 is 2.94 bits per heavy atom. The van der Waals surface area contributed by atoms with Crippen molar-refractivity contribution in [3.8, 4) is 0 Å². The van der Waals surface area contributed by atoms with Crippen LogP contribution in [-0.4, -0.2) is 42.6 Å². The summed E-state index contributed by atoms with van der Waals surface area (Å²) in [5, 5.41) is 0. The van der Waals surface area contributed by atoms with Crippen molar-refractivity contribution >= 4 is 21.8 Å². The molecule has 0 bridgehead atoms. The molecule has 1 amide bonds. The lowest BCUT2D eigenvalue weighted by molar-refractivity contribution is 0.0712. The van der Waals surface area contributed by atoms with Crippen LogP contribution < -0.4 is 0 Å². The van der Waals surface area contributed by atoms with Gasteiger partial charge in [-0.3, -0.25) is 4.79 Å². The lowest BCUT2D eigenvalue weighted by Gasteiger charge is -2.20. The Balaban J connectivity index is 2.75. The van der Waals surface area contributed by atoms with Crippen molar-refractivity contribution in [3.63, 3.8) is 0 Å². The second kappa shape index (κ2) is 7.19. The number of carbonyl (C=O) groups excluding carboxylic acids is 1. The van der Waals surface area contributed by atoms with E-state index in [1.54, 1.807) is 36.4 Å². The largest absolute Gasteiger partial charge is 0.383 e. The first-order valence-corrected chi connectivity index (χ1v) is 5.99. The fourth-order valence-corrected chi connectivity index (χ4v) is 1.53. The molecule has 0 unspecified atom stereocenters. The zero-order valence-electron chi connectivity index (χ0n) is 9.73. The maximum absolute atomic E-state index is 12.1. The van der Waals surface area contributed by atoms with E-state index in [0.29, 0.717) is 25.4 Å². The zero-order chi connectivity index (χ0) is 12.7. The topological polar surface area (TPSA) is 42.4 Å². The Morgan fingerprint density at radius 1 is 1.65 bits per heavy atom. The second-order valence-electron chi connectivity index (χ2n) is 3.39. The van der Waals surface area contributed by atoms with Crippen LogP contribution >= 0.6 is 15.9 Å². The number of aromatic nitrogens is 1. The van der Waals surface area contributed by atoms with E-state index in [0.717, 1.165) is 4.47 Å². The van der Waals surface area contributed by atoms with Crippen molar-refractivity contribution in [1.29, 1.82) is 0 Å². The fraction of sp³-hybridized carbons (Fsp3) is 0.333. The smallest absolute Gasteiger partial charge is 0.272 e. The first-order chi connectivity index (χ1) is 8.19. The Morgan fingerprint density at radius 2 is 2.41 bits per heavy atom. The highest BCUT2D eigenvalue weighted by Crippen LogP contribution is 2.09. The predicted octanol–water partition coefficient (Wildman–Crippen LogP) is 2.12. The van der Waals surface area contributed by atoms with Gasteiger partial charge in [-0.05, 0) is 28.1 Å². The van der Waals surface area contributed by atoms with E-state index in [2.05, 4.69) is 27.5 Å². The molecule has 0 atom stereocenters. The van der Waals surface area contributed by atoms with E-state index < -0.39 is 0 Å². The molecule has 1 aromatic heterocycles. The number of halogens is 1. The molecule has 0 saturated heterocycles. The van der Waals surface area contributed by atoms with Gasteiger partial charge in [0.25, 0.3) is 5.91 Å². The maximum Gasteiger partial charge on any atom is 0.272 e. The molecule has 0 fully saturated rings. The molecule has 1 rings (SSSR count). The number of nitrogens with zero attached hydrogens (tertiary/aromatic N) is 2. The van der Waals surface area contributed by atoms with Gasteiger partial charge in [0.15, 0.2) is 0 Å². The lowest BCUT2D eigenvalue weighted by atomic mass is 10.3. The minimum absolute atomic E-state index is 0.116. The van der Waals surface area contributed by atoms with Crippen LogP contribution in [0, 0.1) is 0 Å². The van der Waals surface area contributed by atoms with Crippen LogP contribution in [-0.2, 0) is 4.74 Å². The number of amides is 1. The Kier molecular flexibility index (Phi) is 5.86. The number of hydrogen-bond donors (Lipinski definition) is 0. The van der Waals surface area contributed by atoms with Crippen LogP contribution in [0.2, 0.25) is 0 Å². The minimum Gasteiger partial charge on any atom is -0.383 e. The van der Waals surface area contributed by atoms with Gasteiger partial charge in [-0.25, -0.2) is 4.98 Å². The van der Waals surface area contributed by atoms with Crippen molar-refractivity contribution in [2.24, 2.45) is 0 Å². The lowest BCUT2D eigenvalue weighted by Crippen LogP contribution is -2.34. The normalized spacial score (nSPS) is 10.0. The molecule has 1 heterocycles. The molecule has 0 aliphatic heterocycles.